The van der Waals surface area contributed by atoms with Crippen LogP contribution in [0.2, 0.25) is 5.02 Å². The van der Waals surface area contributed by atoms with Crippen LogP contribution >= 0.6 is 11.6 Å². The number of fused-ring (bicyclic) bond motifs is 5. The van der Waals surface area contributed by atoms with Crippen molar-refractivity contribution in [2.45, 2.75) is 49.7 Å². The van der Waals surface area contributed by atoms with Crippen molar-refractivity contribution < 1.29 is 37.3 Å². The molecule has 190 valence electrons. The Morgan fingerprint density at radius 3 is 2.64 bits per heavy atom. The summed E-state index contributed by atoms with van der Waals surface area (Å²) in [5, 5.41) is 20.3. The number of likely N-dealkylation sites (tertiary alicyclic amines) is 1. The van der Waals surface area contributed by atoms with Crippen LogP contribution in [-0.2, 0) is 14.3 Å². The fourth-order valence-corrected chi connectivity index (χ4v) is 5.92. The number of halogens is 4. The van der Waals surface area contributed by atoms with Gasteiger partial charge < -0.3 is 14.6 Å². The number of aliphatic hydroxyl groups is 1. The van der Waals surface area contributed by atoms with Crippen molar-refractivity contribution in [2.24, 2.45) is 17.3 Å². The zero-order chi connectivity index (χ0) is 26.1. The summed E-state index contributed by atoms with van der Waals surface area (Å²) < 4.78 is 52.2. The Morgan fingerprint density at radius 1 is 1.33 bits per heavy atom. The van der Waals surface area contributed by atoms with E-state index < -0.39 is 59.0 Å². The van der Waals surface area contributed by atoms with Gasteiger partial charge in [0.2, 0.25) is 17.7 Å². The number of nitriles is 1. The van der Waals surface area contributed by atoms with E-state index in [0.29, 0.717) is 17.0 Å². The number of aromatic nitrogens is 1. The SMILES string of the molecule is CC12OC(CCOc3ccc(Cl)cn3)(CC1O)C1C(=O)N(C3=CCC(C#N)(C(F)(F)F)C=C3)C(=O)C12. The molecular weight excluding hydrogens is 503 g/mol. The number of allylic oxidation sites excluding steroid dienone is 3. The van der Waals surface area contributed by atoms with Gasteiger partial charge in [0, 0.05) is 30.8 Å². The molecule has 0 spiro atoms. The zero-order valence-electron chi connectivity index (χ0n) is 19.0. The Hall–Kier alpha value is -2.94. The molecule has 3 saturated heterocycles. The van der Waals surface area contributed by atoms with Crippen LogP contribution in [0.4, 0.5) is 13.2 Å². The average molecular weight is 524 g/mol. The standard InChI is InChI=1S/C24H21ClF3N3O5/c1-21-15(32)10-23(36-21,8-9-35-16-3-2-13(25)11-30-16)18-17(21)19(33)31(20(18)34)14-4-6-22(12-29,7-5-14)24(26,27)28/h2-6,11,15,17-18,32H,7-10H2,1H3. The lowest BCUT2D eigenvalue weighted by Crippen LogP contribution is -2.49. The minimum absolute atomic E-state index is 0.0243. The highest BCUT2D eigenvalue weighted by Gasteiger charge is 2.77. The second kappa shape index (κ2) is 8.03. The predicted molar refractivity (Wildman–Crippen MR) is 117 cm³/mol. The molecule has 2 amide bonds. The van der Waals surface area contributed by atoms with Crippen molar-refractivity contribution >= 4 is 23.4 Å². The van der Waals surface area contributed by atoms with Crippen LogP contribution in [0.25, 0.3) is 0 Å². The van der Waals surface area contributed by atoms with Gasteiger partial charge in [-0.1, -0.05) is 23.8 Å². The maximum absolute atomic E-state index is 13.6. The Morgan fingerprint density at radius 2 is 2.06 bits per heavy atom. The average Bonchev–Trinajstić information content (AvgIpc) is 3.36. The minimum Gasteiger partial charge on any atom is -0.478 e. The third-order valence-electron chi connectivity index (χ3n) is 7.73. The van der Waals surface area contributed by atoms with Gasteiger partial charge >= 0.3 is 6.18 Å². The molecule has 1 aromatic rings. The molecule has 36 heavy (non-hydrogen) atoms. The van der Waals surface area contributed by atoms with Gasteiger partial charge in [0.05, 0.1) is 41.2 Å². The Balaban J connectivity index is 1.40. The summed E-state index contributed by atoms with van der Waals surface area (Å²) in [6, 6.07) is 4.46. The van der Waals surface area contributed by atoms with Crippen molar-refractivity contribution in [3.8, 4) is 11.9 Å². The van der Waals surface area contributed by atoms with Crippen molar-refractivity contribution in [3.63, 3.8) is 0 Å². The van der Waals surface area contributed by atoms with Crippen LogP contribution in [0.5, 0.6) is 5.88 Å². The van der Waals surface area contributed by atoms with Crippen LogP contribution in [-0.4, -0.2) is 56.9 Å². The summed E-state index contributed by atoms with van der Waals surface area (Å²) in [7, 11) is 0. The Bertz CT molecular complexity index is 1230. The van der Waals surface area contributed by atoms with Crippen LogP contribution in [0.3, 0.4) is 0 Å². The molecule has 12 heteroatoms. The highest BCUT2D eigenvalue weighted by molar-refractivity contribution is 6.30. The molecule has 1 N–H and O–H groups in total. The maximum atomic E-state index is 13.6. The van der Waals surface area contributed by atoms with E-state index in [1.807, 2.05) is 0 Å². The first kappa shape index (κ1) is 24.7. The van der Waals surface area contributed by atoms with Crippen molar-refractivity contribution in [1.82, 2.24) is 9.88 Å². The van der Waals surface area contributed by atoms with Crippen molar-refractivity contribution in [3.05, 3.63) is 47.3 Å². The van der Waals surface area contributed by atoms with E-state index in [4.69, 9.17) is 26.3 Å². The Kier molecular flexibility index (Phi) is 5.52. The summed E-state index contributed by atoms with van der Waals surface area (Å²) >= 11 is 5.82. The van der Waals surface area contributed by atoms with E-state index in [1.165, 1.54) is 12.3 Å². The van der Waals surface area contributed by atoms with Crippen LogP contribution < -0.4 is 4.74 Å². The number of carbonyl (C=O) groups is 2. The molecule has 0 saturated carbocycles. The number of pyridine rings is 1. The number of aliphatic hydroxyl groups excluding tert-OH is 1. The van der Waals surface area contributed by atoms with Gasteiger partial charge in [0.15, 0.2) is 5.41 Å². The molecule has 1 aromatic heterocycles. The van der Waals surface area contributed by atoms with Gasteiger partial charge in [-0.15, -0.1) is 0 Å². The minimum atomic E-state index is -4.82. The number of hydrogen-bond donors (Lipinski definition) is 1. The summed E-state index contributed by atoms with van der Waals surface area (Å²) in [6.07, 6.45) is -2.16. The van der Waals surface area contributed by atoms with Crippen molar-refractivity contribution in [1.29, 1.82) is 5.26 Å². The lowest BCUT2D eigenvalue weighted by Gasteiger charge is -2.33. The number of hydrogen-bond acceptors (Lipinski definition) is 7. The van der Waals surface area contributed by atoms with Crippen LogP contribution in [0, 0.1) is 28.6 Å². The third kappa shape index (κ3) is 3.38. The molecule has 3 aliphatic heterocycles. The molecule has 8 nitrogen and oxygen atoms in total. The van der Waals surface area contributed by atoms with E-state index >= 15 is 0 Å². The highest BCUT2D eigenvalue weighted by atomic mass is 35.5. The number of imide groups is 1. The molecule has 4 aliphatic rings. The summed E-state index contributed by atoms with van der Waals surface area (Å²) in [4.78, 5) is 31.9. The van der Waals surface area contributed by atoms with E-state index in [1.54, 1.807) is 19.1 Å². The quantitative estimate of drug-likeness (QED) is 0.589. The van der Waals surface area contributed by atoms with Gasteiger partial charge in [0.1, 0.15) is 5.60 Å². The Labute approximate surface area is 208 Å². The van der Waals surface area contributed by atoms with Gasteiger partial charge in [-0.05, 0) is 25.5 Å². The molecule has 0 aromatic carbocycles. The number of ether oxygens (including phenoxy) is 2. The lowest BCUT2D eigenvalue weighted by molar-refractivity contribution is -0.185. The molecule has 6 unspecified atom stereocenters. The van der Waals surface area contributed by atoms with Gasteiger partial charge in [-0.25, -0.2) is 4.98 Å². The van der Waals surface area contributed by atoms with Gasteiger partial charge in [-0.2, -0.15) is 18.4 Å². The highest BCUT2D eigenvalue weighted by Crippen LogP contribution is 2.62. The van der Waals surface area contributed by atoms with Crippen molar-refractivity contribution in [2.75, 3.05) is 6.61 Å². The first-order chi connectivity index (χ1) is 16.9. The number of carbonyl (C=O) groups excluding carboxylic acids is 2. The van der Waals surface area contributed by atoms with E-state index in [2.05, 4.69) is 4.98 Å². The topological polar surface area (TPSA) is 113 Å². The predicted octanol–water partition coefficient (Wildman–Crippen LogP) is 3.31. The molecule has 0 radical (unpaired) electrons. The van der Waals surface area contributed by atoms with E-state index in [9.17, 15) is 27.9 Å². The van der Waals surface area contributed by atoms with Crippen LogP contribution in [0.1, 0.15) is 26.2 Å². The van der Waals surface area contributed by atoms with E-state index in [-0.39, 0.29) is 25.1 Å². The smallest absolute Gasteiger partial charge is 0.410 e. The summed E-state index contributed by atoms with van der Waals surface area (Å²) in [5.41, 5.74) is -5.29. The summed E-state index contributed by atoms with van der Waals surface area (Å²) in [6.45, 7) is 1.64. The second-order valence-corrected chi connectivity index (χ2v) is 10.1. The van der Waals surface area contributed by atoms with Crippen LogP contribution in [0.15, 0.2) is 42.3 Å². The largest absolute Gasteiger partial charge is 0.478 e. The second-order valence-electron chi connectivity index (χ2n) is 9.70. The molecule has 3 fully saturated rings. The normalized spacial score (nSPS) is 37.2. The molecular formula is C24H21ClF3N3O5. The molecule has 6 atom stereocenters. The molecule has 1 aliphatic carbocycles. The molecule has 5 rings (SSSR count). The fourth-order valence-electron chi connectivity index (χ4n) is 5.81. The number of alkyl halides is 3. The van der Waals surface area contributed by atoms with Gasteiger partial charge in [0.25, 0.3) is 0 Å². The monoisotopic (exact) mass is 523 g/mol. The van der Waals surface area contributed by atoms with Gasteiger partial charge in [-0.3, -0.25) is 14.5 Å². The molecule has 2 bridgehead atoms. The number of nitrogens with zero attached hydrogens (tertiary/aromatic N) is 3. The third-order valence-corrected chi connectivity index (χ3v) is 7.95. The lowest BCUT2D eigenvalue weighted by atomic mass is 9.66. The first-order valence-electron chi connectivity index (χ1n) is 11.3. The van der Waals surface area contributed by atoms with E-state index in [0.717, 1.165) is 17.1 Å². The maximum Gasteiger partial charge on any atom is 0.410 e. The summed E-state index contributed by atoms with van der Waals surface area (Å²) in [5.74, 6) is -2.93. The first-order valence-corrected chi connectivity index (χ1v) is 11.6. The number of rotatable bonds is 5. The number of amides is 2. The fraction of sp³-hybridized carbons (Fsp3) is 0.500. The molecule has 4 heterocycles. The zero-order valence-corrected chi connectivity index (χ0v) is 19.7.